The number of methoxy groups -OCH3 is 2. The van der Waals surface area contributed by atoms with Gasteiger partial charge in [-0.15, -0.1) is 0 Å². The highest BCUT2D eigenvalue weighted by molar-refractivity contribution is 5.92. The molecule has 1 fully saturated rings. The fourth-order valence-electron chi connectivity index (χ4n) is 4.08. The molecule has 3 aliphatic rings. The van der Waals surface area contributed by atoms with Crippen LogP contribution in [0.15, 0.2) is 47.3 Å². The molecule has 5 atom stereocenters. The van der Waals surface area contributed by atoms with Crippen LogP contribution in [0.5, 0.6) is 0 Å². The summed E-state index contributed by atoms with van der Waals surface area (Å²) < 4.78 is 21.9. The van der Waals surface area contributed by atoms with E-state index in [1.807, 2.05) is 6.92 Å². The van der Waals surface area contributed by atoms with E-state index in [1.165, 1.54) is 33.3 Å². The average Bonchev–Trinajstić information content (AvgIpc) is 3.14. The lowest BCUT2D eigenvalue weighted by molar-refractivity contribution is -0.178. The van der Waals surface area contributed by atoms with Crippen molar-refractivity contribution in [1.82, 2.24) is 0 Å². The third kappa shape index (κ3) is 4.08. The van der Waals surface area contributed by atoms with E-state index in [-0.39, 0.29) is 35.7 Å². The topological polar surface area (TPSA) is 112 Å². The Labute approximate surface area is 175 Å². The molecule has 30 heavy (non-hydrogen) atoms. The van der Waals surface area contributed by atoms with Crippen LogP contribution in [0.25, 0.3) is 0 Å². The van der Waals surface area contributed by atoms with Gasteiger partial charge in [-0.25, -0.2) is 9.59 Å². The molecule has 0 spiro atoms. The first-order chi connectivity index (χ1) is 14.0. The molecule has 2 N–H and O–H groups in total. The van der Waals surface area contributed by atoms with Crippen LogP contribution in [0, 0.1) is 5.92 Å². The van der Waals surface area contributed by atoms with Crippen molar-refractivity contribution in [1.29, 1.82) is 0 Å². The van der Waals surface area contributed by atoms with E-state index in [4.69, 9.17) is 18.9 Å². The van der Waals surface area contributed by atoms with Gasteiger partial charge in [-0.05, 0) is 38.3 Å². The van der Waals surface area contributed by atoms with Crippen LogP contribution in [-0.2, 0) is 28.5 Å². The summed E-state index contributed by atoms with van der Waals surface area (Å²) >= 11 is 0. The van der Waals surface area contributed by atoms with E-state index in [2.05, 4.69) is 6.58 Å². The Bertz CT molecular complexity index is 849. The van der Waals surface area contributed by atoms with Gasteiger partial charge in [0.1, 0.15) is 23.5 Å². The molecule has 0 saturated carbocycles. The van der Waals surface area contributed by atoms with Crippen LogP contribution in [-0.4, -0.2) is 60.0 Å². The Morgan fingerprint density at radius 3 is 2.63 bits per heavy atom. The number of fused-ring (bicyclic) bond motifs is 4. The van der Waals surface area contributed by atoms with Crippen molar-refractivity contribution in [2.75, 3.05) is 14.2 Å². The molecule has 3 rings (SSSR count). The van der Waals surface area contributed by atoms with E-state index in [0.717, 1.165) is 5.57 Å². The van der Waals surface area contributed by atoms with E-state index >= 15 is 0 Å². The number of carbonyl (C=O) groups is 2. The number of aliphatic hydroxyl groups is 2. The minimum atomic E-state index is -1.50. The third-order valence-corrected chi connectivity index (χ3v) is 5.78. The van der Waals surface area contributed by atoms with Gasteiger partial charge >= 0.3 is 11.9 Å². The molecule has 0 aromatic heterocycles. The molecule has 0 unspecified atom stereocenters. The molecular weight excluding hydrogens is 392 g/mol. The molecule has 4 bridgehead atoms. The zero-order valence-electron chi connectivity index (χ0n) is 17.6. The first-order valence-electron chi connectivity index (χ1n) is 9.76. The predicted molar refractivity (Wildman–Crippen MR) is 106 cm³/mol. The Hall–Kier alpha value is -2.42. The maximum absolute atomic E-state index is 12.5. The first-order valence-corrected chi connectivity index (χ1v) is 9.76. The number of carbonyl (C=O) groups excluding carboxylic acids is 2. The number of allylic oxidation sites excluding steroid dienone is 3. The van der Waals surface area contributed by atoms with E-state index in [0.29, 0.717) is 6.42 Å². The number of ether oxygens (including phenoxy) is 4. The lowest BCUT2D eigenvalue weighted by Gasteiger charge is -2.33. The zero-order chi connectivity index (χ0) is 22.3. The second kappa shape index (κ2) is 8.02. The second-order valence-electron chi connectivity index (χ2n) is 8.25. The van der Waals surface area contributed by atoms with Crippen LogP contribution in [0.2, 0.25) is 0 Å². The lowest BCUT2D eigenvalue weighted by atomic mass is 9.86. The van der Waals surface area contributed by atoms with Crippen molar-refractivity contribution in [2.24, 2.45) is 5.92 Å². The molecule has 164 valence electrons. The highest BCUT2D eigenvalue weighted by atomic mass is 16.7. The summed E-state index contributed by atoms with van der Waals surface area (Å²) in [7, 11) is 2.69. The number of aliphatic hydroxyl groups excluding tert-OH is 1. The van der Waals surface area contributed by atoms with Crippen LogP contribution < -0.4 is 0 Å². The summed E-state index contributed by atoms with van der Waals surface area (Å²) in [5, 5.41) is 21.4. The highest BCUT2D eigenvalue weighted by Gasteiger charge is 2.49. The molecule has 0 aromatic carbocycles. The fraction of sp³-hybridized carbons (Fsp3) is 0.545. The van der Waals surface area contributed by atoms with Gasteiger partial charge in [-0.3, -0.25) is 0 Å². The standard InChI is InChI=1S/C22H28O8/c1-12(2)13-6-7-15-18(23)17(29-19(15)24)11-21(3,26)10-14-8-16(20(25)27-4)22(9-13,28-5)30-14/h7-8,10,13,17-18,23,26H,1,6,9,11H2,2-5H3/t13-,17+,18+,21-,22+/m0/s1. The highest BCUT2D eigenvalue weighted by Crippen LogP contribution is 2.43. The van der Waals surface area contributed by atoms with Gasteiger partial charge in [0.2, 0.25) is 5.79 Å². The Morgan fingerprint density at radius 2 is 2.03 bits per heavy atom. The second-order valence-corrected chi connectivity index (χ2v) is 8.25. The fourth-order valence-corrected chi connectivity index (χ4v) is 4.08. The van der Waals surface area contributed by atoms with Gasteiger partial charge < -0.3 is 29.2 Å². The molecule has 0 aliphatic carbocycles. The number of hydrogen-bond donors (Lipinski definition) is 2. The molecule has 0 radical (unpaired) electrons. The summed E-state index contributed by atoms with van der Waals surface area (Å²) in [6.45, 7) is 7.35. The van der Waals surface area contributed by atoms with Crippen molar-refractivity contribution in [3.63, 3.8) is 0 Å². The van der Waals surface area contributed by atoms with Crippen molar-refractivity contribution in [3.8, 4) is 0 Å². The normalized spacial score (nSPS) is 36.1. The van der Waals surface area contributed by atoms with Gasteiger partial charge in [0.15, 0.2) is 0 Å². The SMILES string of the molecule is C=C(C)[C@H]1CC=C2C(=O)O[C@H](C[C@@](C)(O)C=C3C=C(C(=O)OC)[C@@](OC)(C1)O3)[C@@H]2O. The van der Waals surface area contributed by atoms with Gasteiger partial charge in [0.05, 0.1) is 18.3 Å². The minimum Gasteiger partial charge on any atom is -0.465 e. The molecule has 8 heteroatoms. The van der Waals surface area contributed by atoms with Gasteiger partial charge in [-0.2, -0.15) is 0 Å². The smallest absolute Gasteiger partial charge is 0.340 e. The molecule has 1 saturated heterocycles. The average molecular weight is 420 g/mol. The molecule has 0 aromatic rings. The molecular formula is C22H28O8. The van der Waals surface area contributed by atoms with Gasteiger partial charge in [0.25, 0.3) is 0 Å². The Balaban J connectivity index is 2.13. The lowest BCUT2D eigenvalue weighted by Crippen LogP contribution is -2.39. The van der Waals surface area contributed by atoms with Crippen molar-refractivity contribution >= 4 is 11.9 Å². The first kappa shape index (κ1) is 22.3. The van der Waals surface area contributed by atoms with Crippen molar-refractivity contribution in [3.05, 3.63) is 47.3 Å². The summed E-state index contributed by atoms with van der Waals surface area (Å²) in [5.74, 6) is -2.69. The van der Waals surface area contributed by atoms with E-state index in [9.17, 15) is 19.8 Å². The molecule has 3 heterocycles. The summed E-state index contributed by atoms with van der Waals surface area (Å²) in [4.78, 5) is 24.7. The predicted octanol–water partition coefficient (Wildman–Crippen LogP) is 1.68. The molecule has 0 amide bonds. The quantitative estimate of drug-likeness (QED) is 0.524. The van der Waals surface area contributed by atoms with Crippen molar-refractivity contribution < 1.29 is 38.7 Å². The number of rotatable bonds is 3. The van der Waals surface area contributed by atoms with E-state index < -0.39 is 35.5 Å². The van der Waals surface area contributed by atoms with Crippen LogP contribution in [0.1, 0.15) is 33.1 Å². The maximum Gasteiger partial charge on any atom is 0.340 e. The van der Waals surface area contributed by atoms with Crippen molar-refractivity contribution in [2.45, 2.75) is 56.7 Å². The largest absolute Gasteiger partial charge is 0.465 e. The maximum atomic E-state index is 12.5. The monoisotopic (exact) mass is 420 g/mol. The minimum absolute atomic E-state index is 0.0601. The molecule has 8 nitrogen and oxygen atoms in total. The van der Waals surface area contributed by atoms with E-state index in [1.54, 1.807) is 6.08 Å². The zero-order valence-corrected chi connectivity index (χ0v) is 17.6. The molecule has 3 aliphatic heterocycles. The number of esters is 2. The Kier molecular flexibility index (Phi) is 5.95. The number of hydrogen-bond acceptors (Lipinski definition) is 8. The van der Waals surface area contributed by atoms with Gasteiger partial charge in [0, 0.05) is 20.0 Å². The Morgan fingerprint density at radius 1 is 1.33 bits per heavy atom. The van der Waals surface area contributed by atoms with Gasteiger partial charge in [-0.1, -0.05) is 18.2 Å². The van der Waals surface area contributed by atoms with Crippen LogP contribution in [0.3, 0.4) is 0 Å². The van der Waals surface area contributed by atoms with Crippen LogP contribution >= 0.6 is 0 Å². The summed E-state index contributed by atoms with van der Waals surface area (Å²) in [6, 6.07) is 0. The van der Waals surface area contributed by atoms with Crippen LogP contribution in [0.4, 0.5) is 0 Å². The summed E-state index contributed by atoms with van der Waals surface area (Å²) in [6.07, 6.45) is 2.94. The summed E-state index contributed by atoms with van der Waals surface area (Å²) in [5.41, 5.74) is -0.399. The third-order valence-electron chi connectivity index (χ3n) is 5.78.